The Labute approximate surface area is 202 Å². The predicted octanol–water partition coefficient (Wildman–Crippen LogP) is 3.61. The second-order valence-corrected chi connectivity index (χ2v) is 8.27. The summed E-state index contributed by atoms with van der Waals surface area (Å²) in [6, 6.07) is 28.5. The maximum atomic E-state index is 13.8. The van der Waals surface area contributed by atoms with E-state index in [0.717, 1.165) is 10.6 Å². The number of hydrogen-bond donors (Lipinski definition) is 2. The Kier molecular flexibility index (Phi) is 5.62. The third-order valence-electron chi connectivity index (χ3n) is 5.92. The van der Waals surface area contributed by atoms with Gasteiger partial charge >= 0.3 is 6.03 Å². The number of nitrogens with zero attached hydrogens (tertiary/aromatic N) is 3. The van der Waals surface area contributed by atoms with Crippen LogP contribution in [0.2, 0.25) is 0 Å². The fourth-order valence-corrected chi connectivity index (χ4v) is 4.33. The molecule has 8 nitrogen and oxygen atoms in total. The molecule has 5 rings (SSSR count). The van der Waals surface area contributed by atoms with Gasteiger partial charge in [0.05, 0.1) is 11.4 Å². The Morgan fingerprint density at radius 1 is 0.886 bits per heavy atom. The van der Waals surface area contributed by atoms with E-state index in [2.05, 4.69) is 15.7 Å². The van der Waals surface area contributed by atoms with Crippen molar-refractivity contribution >= 4 is 23.7 Å². The summed E-state index contributed by atoms with van der Waals surface area (Å²) in [5, 5.41) is 10.1. The van der Waals surface area contributed by atoms with Crippen molar-refractivity contribution in [2.45, 2.75) is 12.5 Å². The highest BCUT2D eigenvalue weighted by molar-refractivity contribution is 6.12. The summed E-state index contributed by atoms with van der Waals surface area (Å²) >= 11 is 0. The van der Waals surface area contributed by atoms with Crippen molar-refractivity contribution < 1.29 is 14.4 Å². The molecule has 4 aromatic rings. The number of amides is 4. The van der Waals surface area contributed by atoms with Crippen LogP contribution < -0.4 is 10.6 Å². The average Bonchev–Trinajstić information content (AvgIpc) is 3.37. The Morgan fingerprint density at radius 2 is 1.43 bits per heavy atom. The quantitative estimate of drug-likeness (QED) is 0.425. The highest BCUT2D eigenvalue weighted by atomic mass is 16.2. The second kappa shape index (κ2) is 8.90. The molecule has 0 atom stereocenters. The van der Waals surface area contributed by atoms with Crippen LogP contribution in [0.25, 0.3) is 5.69 Å². The van der Waals surface area contributed by atoms with E-state index < -0.39 is 29.9 Å². The molecule has 2 N–H and O–H groups in total. The lowest BCUT2D eigenvalue weighted by atomic mass is 9.82. The molecular formula is C27H23N5O3. The van der Waals surface area contributed by atoms with E-state index >= 15 is 0 Å². The summed E-state index contributed by atoms with van der Waals surface area (Å²) < 4.78 is 1.61. The molecule has 1 aliphatic heterocycles. The fourth-order valence-electron chi connectivity index (χ4n) is 4.33. The molecule has 0 bridgehead atoms. The summed E-state index contributed by atoms with van der Waals surface area (Å²) in [5.41, 5.74) is 1.31. The van der Waals surface area contributed by atoms with Crippen LogP contribution in [0.15, 0.2) is 97.1 Å². The molecule has 4 amide bonds. The van der Waals surface area contributed by atoms with Crippen molar-refractivity contribution in [1.29, 1.82) is 0 Å². The van der Waals surface area contributed by atoms with Crippen molar-refractivity contribution in [3.8, 4) is 5.69 Å². The minimum atomic E-state index is -1.41. The Hall–Kier alpha value is -4.72. The van der Waals surface area contributed by atoms with Gasteiger partial charge in [-0.2, -0.15) is 5.10 Å². The lowest BCUT2D eigenvalue weighted by molar-refractivity contribution is -0.133. The third-order valence-corrected chi connectivity index (χ3v) is 5.92. The zero-order valence-electron chi connectivity index (χ0n) is 19.0. The van der Waals surface area contributed by atoms with Gasteiger partial charge in [-0.3, -0.25) is 14.5 Å². The number of nitrogens with one attached hydrogen (secondary N) is 2. The number of anilines is 1. The number of rotatable bonds is 6. The van der Waals surface area contributed by atoms with E-state index in [1.165, 1.54) is 0 Å². The first-order valence-electron chi connectivity index (χ1n) is 11.2. The molecule has 1 fully saturated rings. The van der Waals surface area contributed by atoms with Gasteiger partial charge in [-0.1, -0.05) is 78.9 Å². The lowest BCUT2D eigenvalue weighted by Gasteiger charge is -2.28. The molecule has 0 aliphatic carbocycles. The smallest absolute Gasteiger partial charge is 0.315 e. The van der Waals surface area contributed by atoms with Crippen LogP contribution in [0.3, 0.4) is 0 Å². The summed E-state index contributed by atoms with van der Waals surface area (Å²) in [4.78, 5) is 40.7. The summed E-state index contributed by atoms with van der Waals surface area (Å²) in [6.45, 7) is 1.38. The van der Waals surface area contributed by atoms with Gasteiger partial charge in [0.25, 0.3) is 5.91 Å². The molecule has 2 heterocycles. The summed E-state index contributed by atoms with van der Waals surface area (Å²) in [5.74, 6) is -0.576. The first-order chi connectivity index (χ1) is 17.0. The van der Waals surface area contributed by atoms with E-state index in [-0.39, 0.29) is 0 Å². The first kappa shape index (κ1) is 22.1. The normalized spacial score (nSPS) is 14.6. The molecule has 0 spiro atoms. The lowest BCUT2D eigenvalue weighted by Crippen LogP contribution is -2.45. The fraction of sp³-hybridized carbons (Fsp3) is 0.111. The standard InChI is InChI=1S/C27H23N5O3/c1-19-17-23(32(30-19)22-15-9-4-10-16-22)28-24(33)18-31-25(34)27(29-26(31)35,20-11-5-2-6-12-20)21-13-7-3-8-14-21/h2-17H,18H2,1H3,(H,28,33)(H,29,35). The van der Waals surface area contributed by atoms with E-state index in [1.807, 2.05) is 73.7 Å². The molecule has 0 radical (unpaired) electrons. The van der Waals surface area contributed by atoms with Crippen molar-refractivity contribution in [2.75, 3.05) is 11.9 Å². The number of carbonyl (C=O) groups excluding carboxylic acids is 3. The molecule has 3 aromatic carbocycles. The first-order valence-corrected chi connectivity index (χ1v) is 11.2. The molecule has 1 aromatic heterocycles. The number of carbonyl (C=O) groups is 3. The van der Waals surface area contributed by atoms with Crippen molar-refractivity contribution in [3.05, 3.63) is 114 Å². The Balaban J connectivity index is 1.43. The molecular weight excluding hydrogens is 442 g/mol. The van der Waals surface area contributed by atoms with Crippen LogP contribution >= 0.6 is 0 Å². The van der Waals surface area contributed by atoms with E-state index in [0.29, 0.717) is 22.6 Å². The van der Waals surface area contributed by atoms with E-state index in [4.69, 9.17) is 0 Å². The number of para-hydroxylation sites is 1. The zero-order valence-corrected chi connectivity index (χ0v) is 19.0. The highest BCUT2D eigenvalue weighted by Gasteiger charge is 2.54. The minimum absolute atomic E-state index is 0.439. The van der Waals surface area contributed by atoms with Crippen molar-refractivity contribution in [1.82, 2.24) is 20.0 Å². The predicted molar refractivity (Wildman–Crippen MR) is 131 cm³/mol. The molecule has 1 aliphatic rings. The molecule has 8 heteroatoms. The molecule has 0 unspecified atom stereocenters. The van der Waals surface area contributed by atoms with Gasteiger partial charge in [-0.25, -0.2) is 9.48 Å². The SMILES string of the molecule is Cc1cc(NC(=O)CN2C(=O)NC(c3ccccc3)(c3ccccc3)C2=O)n(-c2ccccc2)n1. The summed E-state index contributed by atoms with van der Waals surface area (Å²) in [6.07, 6.45) is 0. The van der Waals surface area contributed by atoms with Gasteiger partial charge in [-0.15, -0.1) is 0 Å². The van der Waals surface area contributed by atoms with Gasteiger partial charge < -0.3 is 10.6 Å². The van der Waals surface area contributed by atoms with Crippen LogP contribution in [-0.2, 0) is 15.1 Å². The summed E-state index contributed by atoms with van der Waals surface area (Å²) in [7, 11) is 0. The largest absolute Gasteiger partial charge is 0.326 e. The van der Waals surface area contributed by atoms with E-state index in [9.17, 15) is 14.4 Å². The van der Waals surface area contributed by atoms with Crippen LogP contribution in [0, 0.1) is 6.92 Å². The van der Waals surface area contributed by atoms with Gasteiger partial charge in [0.15, 0.2) is 5.54 Å². The van der Waals surface area contributed by atoms with Crippen LogP contribution in [-0.4, -0.2) is 39.1 Å². The van der Waals surface area contributed by atoms with Crippen molar-refractivity contribution in [2.24, 2.45) is 0 Å². The van der Waals surface area contributed by atoms with Crippen LogP contribution in [0.4, 0.5) is 10.6 Å². The van der Waals surface area contributed by atoms with Gasteiger partial charge in [0.1, 0.15) is 12.4 Å². The Morgan fingerprint density at radius 3 is 2.00 bits per heavy atom. The topological polar surface area (TPSA) is 96.3 Å². The average molecular weight is 466 g/mol. The molecule has 174 valence electrons. The number of aryl methyl sites for hydroxylation is 1. The molecule has 1 saturated heterocycles. The van der Waals surface area contributed by atoms with Crippen molar-refractivity contribution in [3.63, 3.8) is 0 Å². The van der Waals surface area contributed by atoms with Gasteiger partial charge in [-0.05, 0) is 30.2 Å². The highest BCUT2D eigenvalue weighted by Crippen LogP contribution is 2.35. The minimum Gasteiger partial charge on any atom is -0.315 e. The monoisotopic (exact) mass is 465 g/mol. The molecule has 35 heavy (non-hydrogen) atoms. The zero-order chi connectivity index (χ0) is 24.4. The molecule has 0 saturated carbocycles. The number of aromatic nitrogens is 2. The number of benzene rings is 3. The number of imide groups is 1. The Bertz CT molecular complexity index is 1340. The second-order valence-electron chi connectivity index (χ2n) is 8.27. The number of urea groups is 1. The van der Waals surface area contributed by atoms with Crippen LogP contribution in [0.5, 0.6) is 0 Å². The third kappa shape index (κ3) is 3.95. The maximum Gasteiger partial charge on any atom is 0.326 e. The maximum absolute atomic E-state index is 13.8. The number of hydrogen-bond acceptors (Lipinski definition) is 4. The van der Waals surface area contributed by atoms with Crippen LogP contribution in [0.1, 0.15) is 16.8 Å². The van der Waals surface area contributed by atoms with E-state index in [1.54, 1.807) is 35.0 Å². The van der Waals surface area contributed by atoms with Gasteiger partial charge in [0.2, 0.25) is 5.91 Å². The van der Waals surface area contributed by atoms with Gasteiger partial charge in [0, 0.05) is 6.07 Å².